The Bertz CT molecular complexity index is 824. The summed E-state index contributed by atoms with van der Waals surface area (Å²) in [5.41, 5.74) is 2.78. The van der Waals surface area contributed by atoms with Gasteiger partial charge in [0.1, 0.15) is 5.75 Å². The molecule has 0 bridgehead atoms. The molecule has 1 aliphatic rings. The Balaban J connectivity index is 1.73. The van der Waals surface area contributed by atoms with Crippen molar-refractivity contribution in [3.63, 3.8) is 0 Å². The molecule has 0 unspecified atom stereocenters. The molecule has 136 valence electrons. The molecule has 2 aromatic carbocycles. The standard InChI is InChI=1S/C21H23NO4/c1-4-25-20(24)14-5-8-16(9-6-14)22-19(23)15-7-10-17-18(13-15)26-12-11-21(17,2)3/h5-10,13H,4,11-12H2,1-3H3,(H,22,23). The van der Waals surface area contributed by atoms with Crippen molar-refractivity contribution >= 4 is 17.6 Å². The monoisotopic (exact) mass is 353 g/mol. The Morgan fingerprint density at radius 1 is 1.12 bits per heavy atom. The lowest BCUT2D eigenvalue weighted by molar-refractivity contribution is 0.0526. The van der Waals surface area contributed by atoms with Gasteiger partial charge in [-0.1, -0.05) is 19.9 Å². The smallest absolute Gasteiger partial charge is 0.338 e. The lowest BCUT2D eigenvalue weighted by Crippen LogP contribution is -2.27. The van der Waals surface area contributed by atoms with E-state index in [0.29, 0.717) is 30.0 Å². The molecule has 0 radical (unpaired) electrons. The molecule has 1 amide bonds. The summed E-state index contributed by atoms with van der Waals surface area (Å²) in [5, 5.41) is 2.84. The van der Waals surface area contributed by atoms with E-state index in [0.717, 1.165) is 17.7 Å². The zero-order valence-corrected chi connectivity index (χ0v) is 15.3. The van der Waals surface area contributed by atoms with E-state index < -0.39 is 0 Å². The molecule has 3 rings (SSSR count). The van der Waals surface area contributed by atoms with E-state index in [1.807, 2.05) is 12.1 Å². The Morgan fingerprint density at radius 2 is 1.81 bits per heavy atom. The van der Waals surface area contributed by atoms with E-state index in [1.54, 1.807) is 37.3 Å². The van der Waals surface area contributed by atoms with E-state index in [9.17, 15) is 9.59 Å². The Labute approximate surface area is 153 Å². The summed E-state index contributed by atoms with van der Waals surface area (Å²) >= 11 is 0. The number of anilines is 1. The molecule has 0 aromatic heterocycles. The van der Waals surface area contributed by atoms with Crippen LogP contribution in [0.5, 0.6) is 5.75 Å². The van der Waals surface area contributed by atoms with Crippen molar-refractivity contribution < 1.29 is 19.1 Å². The number of rotatable bonds is 4. The first kappa shape index (κ1) is 18.0. The fourth-order valence-corrected chi connectivity index (χ4v) is 3.00. The van der Waals surface area contributed by atoms with Gasteiger partial charge in [-0.15, -0.1) is 0 Å². The summed E-state index contributed by atoms with van der Waals surface area (Å²) in [6.45, 7) is 7.10. The van der Waals surface area contributed by atoms with Crippen LogP contribution in [-0.4, -0.2) is 25.1 Å². The van der Waals surface area contributed by atoms with Gasteiger partial charge in [0.25, 0.3) is 5.91 Å². The number of esters is 1. The number of benzene rings is 2. The van der Waals surface area contributed by atoms with Crippen LogP contribution in [0.1, 0.15) is 53.5 Å². The molecule has 26 heavy (non-hydrogen) atoms. The second-order valence-corrected chi connectivity index (χ2v) is 6.95. The Hall–Kier alpha value is -2.82. The van der Waals surface area contributed by atoms with Gasteiger partial charge in [0.2, 0.25) is 0 Å². The molecule has 0 saturated heterocycles. The average Bonchev–Trinajstić information content (AvgIpc) is 2.62. The van der Waals surface area contributed by atoms with E-state index in [2.05, 4.69) is 19.2 Å². The predicted molar refractivity (Wildman–Crippen MR) is 99.9 cm³/mol. The van der Waals surface area contributed by atoms with Crippen LogP contribution < -0.4 is 10.1 Å². The van der Waals surface area contributed by atoms with Crippen LogP contribution in [0.4, 0.5) is 5.69 Å². The maximum absolute atomic E-state index is 12.5. The van der Waals surface area contributed by atoms with Crippen molar-refractivity contribution in [2.75, 3.05) is 18.5 Å². The minimum absolute atomic E-state index is 0.0471. The van der Waals surface area contributed by atoms with Crippen LogP contribution in [0.3, 0.4) is 0 Å². The van der Waals surface area contributed by atoms with Crippen LogP contribution in [-0.2, 0) is 10.2 Å². The molecule has 0 fully saturated rings. The van der Waals surface area contributed by atoms with Crippen LogP contribution in [0.2, 0.25) is 0 Å². The lowest BCUT2D eigenvalue weighted by atomic mass is 9.79. The van der Waals surface area contributed by atoms with Gasteiger partial charge in [-0.2, -0.15) is 0 Å². The topological polar surface area (TPSA) is 64.6 Å². The number of ether oxygens (including phenoxy) is 2. The Kier molecular flexibility index (Phi) is 4.98. The fraction of sp³-hybridized carbons (Fsp3) is 0.333. The number of hydrogen-bond donors (Lipinski definition) is 1. The summed E-state index contributed by atoms with van der Waals surface area (Å²) in [6, 6.07) is 12.2. The minimum Gasteiger partial charge on any atom is -0.493 e. The molecule has 1 heterocycles. The van der Waals surface area contributed by atoms with Crippen molar-refractivity contribution in [1.29, 1.82) is 0 Å². The molecule has 2 aromatic rings. The van der Waals surface area contributed by atoms with Gasteiger partial charge in [-0.05, 0) is 60.7 Å². The molecule has 0 atom stereocenters. The molecule has 0 spiro atoms. The first-order valence-electron chi connectivity index (χ1n) is 8.76. The summed E-state index contributed by atoms with van der Waals surface area (Å²) < 4.78 is 10.7. The largest absolute Gasteiger partial charge is 0.493 e. The normalized spacial score (nSPS) is 14.7. The van der Waals surface area contributed by atoms with Crippen LogP contribution in [0, 0.1) is 0 Å². The number of nitrogens with one attached hydrogen (secondary N) is 1. The van der Waals surface area contributed by atoms with E-state index in [1.165, 1.54) is 0 Å². The van der Waals surface area contributed by atoms with Crippen molar-refractivity contribution in [3.05, 3.63) is 59.2 Å². The third-order valence-corrected chi connectivity index (χ3v) is 4.61. The van der Waals surface area contributed by atoms with E-state index >= 15 is 0 Å². The number of hydrogen-bond acceptors (Lipinski definition) is 4. The Morgan fingerprint density at radius 3 is 2.50 bits per heavy atom. The van der Waals surface area contributed by atoms with Crippen LogP contribution in [0.25, 0.3) is 0 Å². The molecule has 5 nitrogen and oxygen atoms in total. The van der Waals surface area contributed by atoms with Gasteiger partial charge in [0, 0.05) is 11.3 Å². The highest BCUT2D eigenvalue weighted by atomic mass is 16.5. The van der Waals surface area contributed by atoms with E-state index in [-0.39, 0.29) is 17.3 Å². The fourth-order valence-electron chi connectivity index (χ4n) is 3.00. The maximum atomic E-state index is 12.5. The number of carbonyl (C=O) groups is 2. The zero-order chi connectivity index (χ0) is 18.7. The maximum Gasteiger partial charge on any atom is 0.338 e. The minimum atomic E-state index is -0.375. The number of fused-ring (bicyclic) bond motifs is 1. The van der Waals surface area contributed by atoms with Gasteiger partial charge in [-0.3, -0.25) is 4.79 Å². The highest BCUT2D eigenvalue weighted by molar-refractivity contribution is 6.04. The molecular weight excluding hydrogens is 330 g/mol. The average molecular weight is 353 g/mol. The van der Waals surface area contributed by atoms with Crippen molar-refractivity contribution in [3.8, 4) is 5.75 Å². The third-order valence-electron chi connectivity index (χ3n) is 4.61. The second kappa shape index (κ2) is 7.20. The molecular formula is C21H23NO4. The van der Waals surface area contributed by atoms with E-state index in [4.69, 9.17) is 9.47 Å². The third kappa shape index (κ3) is 3.72. The second-order valence-electron chi connectivity index (χ2n) is 6.95. The van der Waals surface area contributed by atoms with Crippen LogP contribution >= 0.6 is 0 Å². The number of amides is 1. The van der Waals surface area contributed by atoms with Gasteiger partial charge in [0.15, 0.2) is 0 Å². The van der Waals surface area contributed by atoms with Gasteiger partial charge in [-0.25, -0.2) is 4.79 Å². The molecule has 0 aliphatic carbocycles. The highest BCUT2D eigenvalue weighted by Gasteiger charge is 2.29. The zero-order valence-electron chi connectivity index (χ0n) is 15.3. The quantitative estimate of drug-likeness (QED) is 0.838. The molecule has 5 heteroatoms. The van der Waals surface area contributed by atoms with Crippen molar-refractivity contribution in [2.45, 2.75) is 32.6 Å². The van der Waals surface area contributed by atoms with Gasteiger partial charge in [0.05, 0.1) is 18.8 Å². The molecule has 0 saturated carbocycles. The van der Waals surface area contributed by atoms with Crippen molar-refractivity contribution in [2.24, 2.45) is 0 Å². The SMILES string of the molecule is CCOC(=O)c1ccc(NC(=O)c2ccc3c(c2)OCCC3(C)C)cc1. The van der Waals surface area contributed by atoms with Crippen molar-refractivity contribution in [1.82, 2.24) is 0 Å². The summed E-state index contributed by atoms with van der Waals surface area (Å²) in [5.74, 6) is 0.176. The van der Waals surface area contributed by atoms with Gasteiger partial charge >= 0.3 is 5.97 Å². The first-order valence-corrected chi connectivity index (χ1v) is 8.76. The predicted octanol–water partition coefficient (Wildman–Crippen LogP) is 4.18. The highest BCUT2D eigenvalue weighted by Crippen LogP contribution is 2.38. The summed E-state index contributed by atoms with van der Waals surface area (Å²) in [4.78, 5) is 24.2. The first-order chi connectivity index (χ1) is 12.4. The number of carbonyl (C=O) groups excluding carboxylic acids is 2. The molecule has 1 N–H and O–H groups in total. The summed E-state index contributed by atoms with van der Waals surface area (Å²) in [6.07, 6.45) is 0.957. The molecule has 1 aliphatic heterocycles. The van der Waals surface area contributed by atoms with Gasteiger partial charge < -0.3 is 14.8 Å². The van der Waals surface area contributed by atoms with Crippen LogP contribution in [0.15, 0.2) is 42.5 Å². The lowest BCUT2D eigenvalue weighted by Gasteiger charge is -2.32. The summed E-state index contributed by atoms with van der Waals surface area (Å²) in [7, 11) is 0.